The minimum Gasteiger partial charge on any atom is -0.394 e. The Morgan fingerprint density at radius 1 is 0.451 bits per heavy atom. The molecule has 2 saturated heterocycles. The van der Waals surface area contributed by atoms with Crippen LogP contribution in [-0.2, 0) is 23.7 Å². The summed E-state index contributed by atoms with van der Waals surface area (Å²) in [6.07, 6.45) is 54.1. The Hall–Kier alpha value is -2.57. The fraction of sp³-hybridized carbons (Fsp3) is 0.809. The van der Waals surface area contributed by atoms with Gasteiger partial charge in [0.05, 0.1) is 32.0 Å². The standard InChI is InChI=1S/C68H121NO13/c1-3-5-7-9-11-13-15-16-17-18-19-20-21-22-23-24-25-26-27-28-29-30-31-32-33-34-35-36-37-38-39-40-42-44-46-48-50-52-60(73)69-56(57(72)51-49-47-45-43-41-14-12-10-8-6-4-2)55-79-67-65(78)63(76)66(59(54-71)81-67)82-68-64(77)62(75)61(74)58(53-70)80-68/h5,7,11,13,16-17,19-20,22-23,49,51,56-59,61-68,70-72,74-78H,3-4,6,8-10,12,14-15,18,21,24-48,50,52-55H2,1-2H3,(H,69,73)/b7-5-,13-11-,17-16-,20-19-,23-22-,51-49+. The van der Waals surface area contributed by atoms with Crippen molar-refractivity contribution in [3.8, 4) is 0 Å². The molecule has 0 aliphatic carbocycles. The summed E-state index contributed by atoms with van der Waals surface area (Å²) in [5.74, 6) is -0.239. The first kappa shape index (κ1) is 75.5. The summed E-state index contributed by atoms with van der Waals surface area (Å²) >= 11 is 0. The quantitative estimate of drug-likeness (QED) is 0.0204. The van der Waals surface area contributed by atoms with Crippen LogP contribution in [0.3, 0.4) is 0 Å². The zero-order valence-electron chi connectivity index (χ0n) is 51.5. The molecule has 14 heteroatoms. The van der Waals surface area contributed by atoms with Gasteiger partial charge in [0.1, 0.15) is 48.8 Å². The maximum Gasteiger partial charge on any atom is 0.220 e. The SMILES string of the molecule is CC/C=C\C/C=C\C/C=C\C/C=C\C/C=C\CCCCCCCCCCCCCCCCCCCCCCCC(=O)NC(COC1OC(CO)C(OC2OC(CO)C(O)C(O)C2O)C(O)C1O)C(O)/C=C/CCCCCCCCCCC. The van der Waals surface area contributed by atoms with Gasteiger partial charge in [-0.05, 0) is 64.2 Å². The van der Waals surface area contributed by atoms with Gasteiger partial charge in [0.2, 0.25) is 5.91 Å². The van der Waals surface area contributed by atoms with E-state index in [1.165, 1.54) is 161 Å². The summed E-state index contributed by atoms with van der Waals surface area (Å²) < 4.78 is 22.8. The van der Waals surface area contributed by atoms with Crippen molar-refractivity contribution in [1.29, 1.82) is 0 Å². The second-order valence-electron chi connectivity index (χ2n) is 23.2. The predicted molar refractivity (Wildman–Crippen MR) is 332 cm³/mol. The molecule has 0 radical (unpaired) electrons. The van der Waals surface area contributed by atoms with Gasteiger partial charge in [-0.3, -0.25) is 4.79 Å². The average molecular weight is 1160 g/mol. The van der Waals surface area contributed by atoms with E-state index >= 15 is 0 Å². The number of ether oxygens (including phenoxy) is 4. The van der Waals surface area contributed by atoms with Crippen LogP contribution in [0.1, 0.15) is 258 Å². The van der Waals surface area contributed by atoms with Gasteiger partial charge in [-0.15, -0.1) is 0 Å². The van der Waals surface area contributed by atoms with Gasteiger partial charge in [0, 0.05) is 6.42 Å². The number of aliphatic hydroxyl groups is 8. The van der Waals surface area contributed by atoms with Crippen molar-refractivity contribution in [3.63, 3.8) is 0 Å². The molecular weight excluding hydrogens is 1040 g/mol. The van der Waals surface area contributed by atoms with E-state index in [2.05, 4.69) is 79.9 Å². The fourth-order valence-electron chi connectivity index (χ4n) is 10.6. The Morgan fingerprint density at radius 3 is 1.29 bits per heavy atom. The lowest BCUT2D eigenvalue weighted by molar-refractivity contribution is -0.359. The summed E-state index contributed by atoms with van der Waals surface area (Å²) in [5.41, 5.74) is 0. The van der Waals surface area contributed by atoms with Crippen molar-refractivity contribution in [1.82, 2.24) is 5.32 Å². The summed E-state index contributed by atoms with van der Waals surface area (Å²) in [5, 5.41) is 87.0. The lowest BCUT2D eigenvalue weighted by Gasteiger charge is -2.46. The zero-order chi connectivity index (χ0) is 59.5. The first-order valence-corrected chi connectivity index (χ1v) is 33.2. The van der Waals surface area contributed by atoms with E-state index in [0.29, 0.717) is 6.42 Å². The topological polar surface area (TPSA) is 228 Å². The lowest BCUT2D eigenvalue weighted by Crippen LogP contribution is -2.65. The van der Waals surface area contributed by atoms with Crippen molar-refractivity contribution < 1.29 is 64.6 Å². The summed E-state index contributed by atoms with van der Waals surface area (Å²) in [6.45, 7) is 2.67. The van der Waals surface area contributed by atoms with Crippen molar-refractivity contribution in [2.24, 2.45) is 0 Å². The number of hydrogen-bond donors (Lipinski definition) is 9. The lowest BCUT2D eigenvalue weighted by atomic mass is 9.97. The highest BCUT2D eigenvalue weighted by Crippen LogP contribution is 2.30. The molecule has 0 aromatic heterocycles. The molecule has 1 amide bonds. The van der Waals surface area contributed by atoms with Gasteiger partial charge in [-0.1, -0.05) is 260 Å². The van der Waals surface area contributed by atoms with E-state index in [1.54, 1.807) is 6.08 Å². The maximum atomic E-state index is 13.3. The third kappa shape index (κ3) is 37.1. The Labute approximate surface area is 498 Å². The first-order chi connectivity index (χ1) is 40.1. The molecule has 0 spiro atoms. The van der Waals surface area contributed by atoms with E-state index in [0.717, 1.165) is 70.6 Å². The van der Waals surface area contributed by atoms with Gasteiger partial charge in [-0.2, -0.15) is 0 Å². The third-order valence-corrected chi connectivity index (χ3v) is 15.9. The minimum absolute atomic E-state index is 0.239. The van der Waals surface area contributed by atoms with Crippen LogP contribution >= 0.6 is 0 Å². The minimum atomic E-state index is -1.79. The van der Waals surface area contributed by atoms with Crippen LogP contribution < -0.4 is 5.32 Å². The van der Waals surface area contributed by atoms with E-state index < -0.39 is 86.8 Å². The number of aliphatic hydroxyl groups excluding tert-OH is 8. The Morgan fingerprint density at radius 2 is 0.841 bits per heavy atom. The molecule has 0 aromatic rings. The molecule has 12 unspecified atom stereocenters. The van der Waals surface area contributed by atoms with E-state index in [4.69, 9.17) is 18.9 Å². The molecule has 0 aromatic carbocycles. The molecule has 2 heterocycles. The molecule has 476 valence electrons. The molecule has 9 N–H and O–H groups in total. The molecule has 12 atom stereocenters. The number of nitrogens with one attached hydrogen (secondary N) is 1. The molecule has 82 heavy (non-hydrogen) atoms. The van der Waals surface area contributed by atoms with Crippen molar-refractivity contribution in [3.05, 3.63) is 72.9 Å². The molecule has 0 saturated carbocycles. The van der Waals surface area contributed by atoms with Gasteiger partial charge < -0.3 is 65.1 Å². The molecule has 2 rings (SSSR count). The Bertz CT molecular complexity index is 1650. The largest absolute Gasteiger partial charge is 0.394 e. The highest BCUT2D eigenvalue weighted by Gasteiger charge is 2.51. The Kier molecular flexibility index (Phi) is 48.6. The molecular formula is C68H121NO13. The first-order valence-electron chi connectivity index (χ1n) is 33.2. The van der Waals surface area contributed by atoms with Gasteiger partial charge in [-0.25, -0.2) is 0 Å². The van der Waals surface area contributed by atoms with Crippen molar-refractivity contribution in [2.45, 2.75) is 331 Å². The van der Waals surface area contributed by atoms with Gasteiger partial charge in [0.15, 0.2) is 12.6 Å². The second kappa shape index (κ2) is 52.7. The second-order valence-corrected chi connectivity index (χ2v) is 23.2. The predicted octanol–water partition coefficient (Wildman–Crippen LogP) is 12.7. The van der Waals surface area contributed by atoms with Crippen LogP contribution in [0.15, 0.2) is 72.9 Å². The number of carbonyl (C=O) groups is 1. The van der Waals surface area contributed by atoms with Gasteiger partial charge >= 0.3 is 0 Å². The smallest absolute Gasteiger partial charge is 0.220 e. The maximum absolute atomic E-state index is 13.3. The molecule has 2 fully saturated rings. The summed E-state index contributed by atoms with van der Waals surface area (Å²) in [6, 6.07) is -0.914. The van der Waals surface area contributed by atoms with Crippen LogP contribution in [0.4, 0.5) is 0 Å². The number of carbonyl (C=O) groups excluding carboxylic acids is 1. The van der Waals surface area contributed by atoms with Crippen LogP contribution in [0.2, 0.25) is 0 Å². The molecule has 2 aliphatic rings. The van der Waals surface area contributed by atoms with E-state index in [1.807, 2.05) is 6.08 Å². The van der Waals surface area contributed by atoms with Crippen LogP contribution in [0, 0.1) is 0 Å². The Balaban J connectivity index is 1.57. The number of allylic oxidation sites excluding steroid dienone is 11. The number of amides is 1. The molecule has 14 nitrogen and oxygen atoms in total. The molecule has 2 aliphatic heterocycles. The monoisotopic (exact) mass is 1160 g/mol. The summed E-state index contributed by atoms with van der Waals surface area (Å²) in [7, 11) is 0. The third-order valence-electron chi connectivity index (χ3n) is 15.9. The molecule has 0 bridgehead atoms. The van der Waals surface area contributed by atoms with Crippen LogP contribution in [-0.4, -0.2) is 140 Å². The highest BCUT2D eigenvalue weighted by molar-refractivity contribution is 5.76. The summed E-state index contributed by atoms with van der Waals surface area (Å²) in [4.78, 5) is 13.3. The number of unbranched alkanes of at least 4 members (excludes halogenated alkanes) is 30. The van der Waals surface area contributed by atoms with E-state index in [9.17, 15) is 45.6 Å². The van der Waals surface area contributed by atoms with Gasteiger partial charge in [0.25, 0.3) is 0 Å². The highest BCUT2D eigenvalue weighted by atomic mass is 16.7. The number of rotatable bonds is 53. The van der Waals surface area contributed by atoms with Crippen LogP contribution in [0.5, 0.6) is 0 Å². The number of hydrogen-bond acceptors (Lipinski definition) is 13. The average Bonchev–Trinajstić information content (AvgIpc) is 3.22. The van der Waals surface area contributed by atoms with Crippen LogP contribution in [0.25, 0.3) is 0 Å². The zero-order valence-corrected chi connectivity index (χ0v) is 51.5. The fourth-order valence-corrected chi connectivity index (χ4v) is 10.6. The normalized spacial score (nSPS) is 24.4. The van der Waals surface area contributed by atoms with E-state index in [-0.39, 0.29) is 18.9 Å². The van der Waals surface area contributed by atoms with Crippen molar-refractivity contribution >= 4 is 5.91 Å². The van der Waals surface area contributed by atoms with Crippen molar-refractivity contribution in [2.75, 3.05) is 19.8 Å².